The van der Waals surface area contributed by atoms with Crippen LogP contribution in [0.15, 0.2) is 0 Å². The summed E-state index contributed by atoms with van der Waals surface area (Å²) < 4.78 is 30.0. The molecule has 1 N–H and O–H groups in total. The third kappa shape index (κ3) is 7.51. The fraction of sp³-hybridized carbons (Fsp3) is 0.857. The zero-order valence-corrected chi connectivity index (χ0v) is 10.9. The van der Waals surface area contributed by atoms with Crippen LogP contribution in [-0.2, 0) is 19.6 Å². The van der Waals surface area contributed by atoms with Crippen molar-refractivity contribution >= 4 is 38.6 Å². The summed E-state index contributed by atoms with van der Waals surface area (Å²) in [6.45, 7) is 2.35. The van der Waals surface area contributed by atoms with E-state index in [-0.39, 0.29) is 18.8 Å². The number of ether oxygens (including phenoxy) is 1. The lowest BCUT2D eigenvalue weighted by atomic mass is 10.5. The van der Waals surface area contributed by atoms with E-state index in [0.717, 1.165) is 0 Å². The molecule has 0 saturated carbocycles. The van der Waals surface area contributed by atoms with Crippen LogP contribution in [0.4, 0.5) is 0 Å². The van der Waals surface area contributed by atoms with Crippen molar-refractivity contribution in [1.82, 2.24) is 4.72 Å². The highest BCUT2D eigenvalue weighted by Gasteiger charge is 2.12. The molecule has 0 aliphatic rings. The highest BCUT2D eigenvalue weighted by molar-refractivity contribution is 14.1. The minimum atomic E-state index is -3.31. The van der Waals surface area contributed by atoms with Crippen molar-refractivity contribution in [3.05, 3.63) is 0 Å². The van der Waals surface area contributed by atoms with Gasteiger partial charge in [0.2, 0.25) is 10.0 Å². The van der Waals surface area contributed by atoms with Gasteiger partial charge in [0.05, 0.1) is 18.8 Å². The monoisotopic (exact) mass is 335 g/mol. The van der Waals surface area contributed by atoms with E-state index in [2.05, 4.69) is 32.0 Å². The Hall–Kier alpha value is 0.110. The van der Waals surface area contributed by atoms with E-state index in [0.29, 0.717) is 11.0 Å². The van der Waals surface area contributed by atoms with E-state index in [9.17, 15) is 13.2 Å². The maximum absolute atomic E-state index is 11.2. The van der Waals surface area contributed by atoms with E-state index in [1.54, 1.807) is 6.92 Å². The molecule has 0 radical (unpaired) electrons. The molecule has 0 aromatic rings. The fourth-order valence-electron chi connectivity index (χ4n) is 0.717. The van der Waals surface area contributed by atoms with E-state index in [1.165, 1.54) is 0 Å². The van der Waals surface area contributed by atoms with E-state index >= 15 is 0 Å². The molecule has 0 heterocycles. The van der Waals surface area contributed by atoms with Crippen molar-refractivity contribution in [2.75, 3.05) is 23.3 Å². The van der Waals surface area contributed by atoms with Gasteiger partial charge in [0.15, 0.2) is 0 Å². The molecular weight excluding hydrogens is 321 g/mol. The minimum absolute atomic E-state index is 0.0928. The summed E-state index contributed by atoms with van der Waals surface area (Å²) in [5.74, 6) is -0.685. The maximum atomic E-state index is 11.2. The largest absolute Gasteiger partial charge is 0.466 e. The first-order valence-electron chi connectivity index (χ1n) is 4.20. The predicted molar refractivity (Wildman–Crippen MR) is 61.9 cm³/mol. The summed E-state index contributed by atoms with van der Waals surface area (Å²) in [4.78, 5) is 10.8. The van der Waals surface area contributed by atoms with Crippen LogP contribution in [0.3, 0.4) is 0 Å². The molecule has 0 unspecified atom stereocenters. The number of rotatable bonds is 7. The third-order valence-electron chi connectivity index (χ3n) is 1.30. The molecule has 14 heavy (non-hydrogen) atoms. The standard InChI is InChI=1S/C7H14INO4S/c1-2-13-7(10)3-6-14(11,12)9-5-4-8/h9H,2-6H2,1H3. The van der Waals surface area contributed by atoms with Crippen LogP contribution in [0.25, 0.3) is 0 Å². The first-order valence-corrected chi connectivity index (χ1v) is 7.38. The van der Waals surface area contributed by atoms with Crippen LogP contribution in [0.1, 0.15) is 13.3 Å². The lowest BCUT2D eigenvalue weighted by Crippen LogP contribution is -2.29. The van der Waals surface area contributed by atoms with Crippen LogP contribution in [0.5, 0.6) is 0 Å². The molecule has 0 aliphatic heterocycles. The van der Waals surface area contributed by atoms with Gasteiger partial charge in [-0.2, -0.15) is 0 Å². The molecule has 0 amide bonds. The number of carbonyl (C=O) groups excluding carboxylic acids is 1. The normalized spacial score (nSPS) is 11.3. The van der Waals surface area contributed by atoms with Gasteiger partial charge in [-0.25, -0.2) is 13.1 Å². The molecule has 0 fully saturated rings. The summed E-state index contributed by atoms with van der Waals surface area (Å²) in [5, 5.41) is 0. The second-order valence-corrected chi connectivity index (χ2v) is 5.46. The number of esters is 1. The smallest absolute Gasteiger partial charge is 0.306 e. The molecule has 0 atom stereocenters. The fourth-order valence-corrected chi connectivity index (χ4v) is 2.35. The van der Waals surface area contributed by atoms with Crippen LogP contribution < -0.4 is 4.72 Å². The average molecular weight is 335 g/mol. The summed E-state index contributed by atoms with van der Waals surface area (Å²) in [7, 11) is -3.31. The number of sulfonamides is 1. The summed E-state index contributed by atoms with van der Waals surface area (Å²) in [6.07, 6.45) is -0.0928. The Kier molecular flexibility index (Phi) is 7.47. The van der Waals surface area contributed by atoms with Gasteiger partial charge in [0.1, 0.15) is 0 Å². The summed E-state index contributed by atoms with van der Waals surface area (Å²) >= 11 is 2.06. The van der Waals surface area contributed by atoms with Gasteiger partial charge in [-0.15, -0.1) is 0 Å². The van der Waals surface area contributed by atoms with Crippen molar-refractivity contribution in [3.8, 4) is 0 Å². The van der Waals surface area contributed by atoms with Crippen molar-refractivity contribution in [2.24, 2.45) is 0 Å². The Bertz CT molecular complexity index is 265. The molecule has 7 heteroatoms. The highest BCUT2D eigenvalue weighted by Crippen LogP contribution is 1.93. The van der Waals surface area contributed by atoms with Crippen molar-refractivity contribution in [1.29, 1.82) is 0 Å². The van der Waals surface area contributed by atoms with E-state index < -0.39 is 16.0 Å². The molecular formula is C7H14INO4S. The van der Waals surface area contributed by atoms with Gasteiger partial charge in [0.25, 0.3) is 0 Å². The summed E-state index contributed by atoms with van der Waals surface area (Å²) in [6, 6.07) is 0. The van der Waals surface area contributed by atoms with Gasteiger partial charge in [-0.05, 0) is 6.92 Å². The third-order valence-corrected chi connectivity index (χ3v) is 3.22. The lowest BCUT2D eigenvalue weighted by Gasteiger charge is -2.04. The zero-order valence-electron chi connectivity index (χ0n) is 7.95. The van der Waals surface area contributed by atoms with Gasteiger partial charge < -0.3 is 4.74 Å². The maximum Gasteiger partial charge on any atom is 0.306 e. The van der Waals surface area contributed by atoms with Gasteiger partial charge >= 0.3 is 5.97 Å². The second-order valence-electron chi connectivity index (χ2n) is 2.46. The molecule has 84 valence electrons. The molecule has 0 aromatic carbocycles. The Morgan fingerprint density at radius 3 is 2.64 bits per heavy atom. The minimum Gasteiger partial charge on any atom is -0.466 e. The van der Waals surface area contributed by atoms with Crippen LogP contribution >= 0.6 is 22.6 Å². The molecule has 0 spiro atoms. The van der Waals surface area contributed by atoms with Crippen molar-refractivity contribution in [3.63, 3.8) is 0 Å². The average Bonchev–Trinajstić information content (AvgIpc) is 2.13. The Morgan fingerprint density at radius 1 is 1.50 bits per heavy atom. The first kappa shape index (κ1) is 14.1. The Labute approximate surface area is 97.8 Å². The number of halogens is 1. The first-order chi connectivity index (χ1) is 6.52. The number of alkyl halides is 1. The van der Waals surface area contributed by atoms with E-state index in [1.807, 2.05) is 0 Å². The number of nitrogens with one attached hydrogen (secondary N) is 1. The van der Waals surface area contributed by atoms with Gasteiger partial charge in [-0.1, -0.05) is 22.6 Å². The SMILES string of the molecule is CCOC(=O)CCS(=O)(=O)NCCI. The van der Waals surface area contributed by atoms with Crippen LogP contribution in [0.2, 0.25) is 0 Å². The molecule has 0 bridgehead atoms. The Morgan fingerprint density at radius 2 is 2.14 bits per heavy atom. The molecule has 0 aliphatic carbocycles. The molecule has 0 aromatic heterocycles. The van der Waals surface area contributed by atoms with Crippen molar-refractivity contribution < 1.29 is 17.9 Å². The van der Waals surface area contributed by atoms with Gasteiger partial charge in [0, 0.05) is 11.0 Å². The molecule has 0 saturated heterocycles. The topological polar surface area (TPSA) is 72.5 Å². The zero-order chi connectivity index (χ0) is 11.0. The van der Waals surface area contributed by atoms with Gasteiger partial charge in [-0.3, -0.25) is 4.79 Å². The second kappa shape index (κ2) is 7.41. The number of carbonyl (C=O) groups is 1. The molecule has 0 rings (SSSR count). The summed E-state index contributed by atoms with van der Waals surface area (Å²) in [5.41, 5.74) is 0. The van der Waals surface area contributed by atoms with Crippen LogP contribution in [-0.4, -0.2) is 37.7 Å². The Balaban J connectivity index is 3.81. The molecule has 5 nitrogen and oxygen atoms in total. The van der Waals surface area contributed by atoms with E-state index in [4.69, 9.17) is 0 Å². The predicted octanol–water partition coefficient (Wildman–Crippen LogP) is 0.294. The quantitative estimate of drug-likeness (QED) is 0.413. The number of hydrogen-bond donors (Lipinski definition) is 1. The number of hydrogen-bond acceptors (Lipinski definition) is 4. The highest BCUT2D eigenvalue weighted by atomic mass is 127. The van der Waals surface area contributed by atoms with Crippen molar-refractivity contribution in [2.45, 2.75) is 13.3 Å². The lowest BCUT2D eigenvalue weighted by molar-refractivity contribution is -0.142. The van der Waals surface area contributed by atoms with Crippen LogP contribution in [0, 0.1) is 0 Å².